The van der Waals surface area contributed by atoms with Crippen LogP contribution in [0.5, 0.6) is 5.75 Å². The summed E-state index contributed by atoms with van der Waals surface area (Å²) in [5.41, 5.74) is 6.67. The van der Waals surface area contributed by atoms with Crippen molar-refractivity contribution in [2.45, 2.75) is 20.8 Å². The first-order chi connectivity index (χ1) is 11.0. The summed E-state index contributed by atoms with van der Waals surface area (Å²) in [6.07, 6.45) is 1.60. The van der Waals surface area contributed by atoms with Gasteiger partial charge in [-0.3, -0.25) is 4.79 Å². The Labute approximate surface area is 144 Å². The number of hydrazone groups is 1. The summed E-state index contributed by atoms with van der Waals surface area (Å²) in [4.78, 5) is 11.8. The molecule has 0 heterocycles. The Hall–Kier alpha value is -2.14. The minimum absolute atomic E-state index is 0.0895. The van der Waals surface area contributed by atoms with Crippen LogP contribution in [0, 0.1) is 20.8 Å². The van der Waals surface area contributed by atoms with E-state index in [1.165, 1.54) is 5.56 Å². The van der Waals surface area contributed by atoms with Gasteiger partial charge < -0.3 is 4.74 Å². The van der Waals surface area contributed by atoms with Gasteiger partial charge in [-0.25, -0.2) is 5.43 Å². The van der Waals surface area contributed by atoms with Gasteiger partial charge in [0.05, 0.1) is 10.7 Å². The molecule has 1 N–H and O–H groups in total. The molecule has 0 saturated heterocycles. The number of hydrogen-bond donors (Lipinski definition) is 1. The molecular formula is C18H19BrN2O2. The molecule has 0 aliphatic heterocycles. The molecule has 2 aromatic carbocycles. The number of nitrogens with one attached hydrogen (secondary N) is 1. The van der Waals surface area contributed by atoms with Crippen molar-refractivity contribution < 1.29 is 9.53 Å². The Bertz CT molecular complexity index is 701. The van der Waals surface area contributed by atoms with Crippen molar-refractivity contribution in [3.8, 4) is 5.75 Å². The maximum atomic E-state index is 11.8. The second kappa shape index (κ2) is 7.92. The zero-order valence-electron chi connectivity index (χ0n) is 13.4. The molecule has 23 heavy (non-hydrogen) atoms. The lowest BCUT2D eigenvalue weighted by atomic mass is 10.1. The summed E-state index contributed by atoms with van der Waals surface area (Å²) in [6.45, 7) is 5.88. The smallest absolute Gasteiger partial charge is 0.277 e. The molecule has 2 rings (SSSR count). The van der Waals surface area contributed by atoms with Crippen LogP contribution in [0.25, 0.3) is 0 Å². The molecule has 0 spiro atoms. The minimum atomic E-state index is -0.305. The first kappa shape index (κ1) is 17.2. The fourth-order valence-corrected chi connectivity index (χ4v) is 2.87. The largest absolute Gasteiger partial charge is 0.482 e. The van der Waals surface area contributed by atoms with Crippen molar-refractivity contribution in [1.82, 2.24) is 5.43 Å². The third-order valence-corrected chi connectivity index (χ3v) is 3.79. The van der Waals surface area contributed by atoms with Gasteiger partial charge in [-0.1, -0.05) is 35.9 Å². The summed E-state index contributed by atoms with van der Waals surface area (Å²) >= 11 is 3.45. The van der Waals surface area contributed by atoms with Crippen LogP contribution >= 0.6 is 15.9 Å². The number of rotatable bonds is 5. The molecule has 0 unspecified atom stereocenters. The highest BCUT2D eigenvalue weighted by Crippen LogP contribution is 2.29. The molecule has 0 radical (unpaired) electrons. The third kappa shape index (κ3) is 5.21. The topological polar surface area (TPSA) is 50.7 Å². The summed E-state index contributed by atoms with van der Waals surface area (Å²) in [6, 6.07) is 11.8. The number of carbonyl (C=O) groups is 1. The number of aryl methyl sites for hydroxylation is 3. The fraction of sp³-hybridized carbons (Fsp3) is 0.222. The highest BCUT2D eigenvalue weighted by Gasteiger charge is 2.08. The quantitative estimate of drug-likeness (QED) is 0.637. The molecule has 4 nitrogen and oxygen atoms in total. The van der Waals surface area contributed by atoms with E-state index in [0.29, 0.717) is 5.75 Å². The van der Waals surface area contributed by atoms with Gasteiger partial charge in [0.1, 0.15) is 5.75 Å². The summed E-state index contributed by atoms with van der Waals surface area (Å²) in [5, 5.41) is 3.93. The fourth-order valence-electron chi connectivity index (χ4n) is 2.09. The van der Waals surface area contributed by atoms with Crippen LogP contribution in [0.4, 0.5) is 0 Å². The first-order valence-electron chi connectivity index (χ1n) is 7.24. The van der Waals surface area contributed by atoms with Crippen molar-refractivity contribution in [2.24, 2.45) is 5.10 Å². The van der Waals surface area contributed by atoms with E-state index in [-0.39, 0.29) is 12.5 Å². The predicted octanol–water partition coefficient (Wildman–Crippen LogP) is 3.90. The Kier molecular flexibility index (Phi) is 5.93. The Morgan fingerprint density at radius 3 is 2.52 bits per heavy atom. The molecule has 0 aromatic heterocycles. The second-order valence-electron chi connectivity index (χ2n) is 5.39. The van der Waals surface area contributed by atoms with E-state index in [1.807, 2.05) is 57.2 Å². The maximum absolute atomic E-state index is 11.8. The van der Waals surface area contributed by atoms with Crippen molar-refractivity contribution in [1.29, 1.82) is 0 Å². The van der Waals surface area contributed by atoms with E-state index in [2.05, 4.69) is 26.5 Å². The average Bonchev–Trinajstić information content (AvgIpc) is 2.48. The molecule has 0 bridgehead atoms. The first-order valence-corrected chi connectivity index (χ1v) is 8.03. The number of benzene rings is 2. The van der Waals surface area contributed by atoms with Crippen LogP contribution in [-0.2, 0) is 4.79 Å². The van der Waals surface area contributed by atoms with Gasteiger partial charge >= 0.3 is 0 Å². The summed E-state index contributed by atoms with van der Waals surface area (Å²) < 4.78 is 6.41. The summed E-state index contributed by atoms with van der Waals surface area (Å²) in [5.74, 6) is 0.369. The average molecular weight is 375 g/mol. The molecular weight excluding hydrogens is 356 g/mol. The summed E-state index contributed by atoms with van der Waals surface area (Å²) in [7, 11) is 0. The number of nitrogens with zero attached hydrogens (tertiary/aromatic N) is 1. The van der Waals surface area contributed by atoms with Crippen LogP contribution in [0.15, 0.2) is 46.0 Å². The molecule has 0 aliphatic rings. The van der Waals surface area contributed by atoms with Gasteiger partial charge in [-0.2, -0.15) is 5.10 Å². The van der Waals surface area contributed by atoms with E-state index >= 15 is 0 Å². The lowest BCUT2D eigenvalue weighted by molar-refractivity contribution is -0.123. The minimum Gasteiger partial charge on any atom is -0.482 e. The van der Waals surface area contributed by atoms with E-state index in [1.54, 1.807) is 6.21 Å². The highest BCUT2D eigenvalue weighted by molar-refractivity contribution is 9.10. The Morgan fingerprint density at radius 2 is 1.87 bits per heavy atom. The molecule has 1 amide bonds. The van der Waals surface area contributed by atoms with Crippen LogP contribution < -0.4 is 10.2 Å². The lowest BCUT2D eigenvalue weighted by Crippen LogP contribution is -2.24. The van der Waals surface area contributed by atoms with Gasteiger partial charge in [-0.05, 0) is 59.5 Å². The van der Waals surface area contributed by atoms with E-state index in [9.17, 15) is 4.79 Å². The number of amides is 1. The van der Waals surface area contributed by atoms with Crippen LogP contribution in [0.1, 0.15) is 22.3 Å². The number of halogens is 1. The van der Waals surface area contributed by atoms with Gasteiger partial charge in [-0.15, -0.1) is 0 Å². The standard InChI is InChI=1S/C18H19BrN2O2/c1-12-4-6-15(7-5-12)10-20-21-17(22)11-23-18-14(3)8-13(2)9-16(18)19/h4-10H,11H2,1-3H3,(H,21,22)/b20-10+. The van der Waals surface area contributed by atoms with Crippen LogP contribution in [-0.4, -0.2) is 18.7 Å². The van der Waals surface area contributed by atoms with E-state index < -0.39 is 0 Å². The number of ether oxygens (including phenoxy) is 1. The Morgan fingerprint density at radius 1 is 1.17 bits per heavy atom. The van der Waals surface area contributed by atoms with Gasteiger partial charge in [0.25, 0.3) is 5.91 Å². The van der Waals surface area contributed by atoms with Crippen molar-refractivity contribution in [3.63, 3.8) is 0 Å². The van der Waals surface area contributed by atoms with Crippen LogP contribution in [0.2, 0.25) is 0 Å². The maximum Gasteiger partial charge on any atom is 0.277 e. The molecule has 0 fully saturated rings. The zero-order valence-corrected chi connectivity index (χ0v) is 15.0. The van der Waals surface area contributed by atoms with Gasteiger partial charge in [0.15, 0.2) is 6.61 Å². The zero-order chi connectivity index (χ0) is 16.8. The molecule has 0 aliphatic carbocycles. The normalized spacial score (nSPS) is 10.8. The van der Waals surface area contributed by atoms with Gasteiger partial charge in [0, 0.05) is 0 Å². The lowest BCUT2D eigenvalue weighted by Gasteiger charge is -2.11. The monoisotopic (exact) mass is 374 g/mol. The van der Waals surface area contributed by atoms with Crippen molar-refractivity contribution in [2.75, 3.05) is 6.61 Å². The van der Waals surface area contributed by atoms with E-state index in [0.717, 1.165) is 21.2 Å². The molecule has 120 valence electrons. The van der Waals surface area contributed by atoms with E-state index in [4.69, 9.17) is 4.74 Å². The van der Waals surface area contributed by atoms with Crippen molar-refractivity contribution in [3.05, 3.63) is 63.1 Å². The third-order valence-electron chi connectivity index (χ3n) is 3.20. The number of hydrogen-bond acceptors (Lipinski definition) is 3. The molecule has 2 aromatic rings. The number of carbonyl (C=O) groups excluding carboxylic acids is 1. The van der Waals surface area contributed by atoms with Crippen molar-refractivity contribution >= 4 is 28.1 Å². The van der Waals surface area contributed by atoms with Gasteiger partial charge in [0.2, 0.25) is 0 Å². The Balaban J connectivity index is 1.87. The molecule has 5 heteroatoms. The predicted molar refractivity (Wildman–Crippen MR) is 96.0 cm³/mol. The second-order valence-corrected chi connectivity index (χ2v) is 6.24. The molecule has 0 atom stereocenters. The SMILES string of the molecule is Cc1ccc(/C=N/NC(=O)COc2c(C)cc(C)cc2Br)cc1. The highest BCUT2D eigenvalue weighted by atomic mass is 79.9. The van der Waals surface area contributed by atoms with Crippen LogP contribution in [0.3, 0.4) is 0 Å². The molecule has 0 saturated carbocycles.